The molecular weight excluding hydrogens is 531 g/mol. The predicted octanol–water partition coefficient (Wildman–Crippen LogP) is 3.20. The highest BCUT2D eigenvalue weighted by molar-refractivity contribution is 7.15. The molecule has 1 aliphatic heterocycles. The van der Waals surface area contributed by atoms with Crippen LogP contribution < -0.4 is 15.7 Å². The summed E-state index contributed by atoms with van der Waals surface area (Å²) in [6.07, 6.45) is 2.66. The molecule has 4 amide bonds. The van der Waals surface area contributed by atoms with Crippen LogP contribution in [0.1, 0.15) is 88.0 Å². The molecule has 0 spiro atoms. The van der Waals surface area contributed by atoms with E-state index < -0.39 is 58.2 Å². The highest BCUT2D eigenvalue weighted by Gasteiger charge is 2.75. The van der Waals surface area contributed by atoms with E-state index in [0.29, 0.717) is 13.0 Å². The molecule has 226 valence electrons. The molecule has 0 radical (unpaired) electrons. The Kier molecular flexibility index (Phi) is 9.35. The number of fused-ring (bicyclic) bond motifs is 1. The second-order valence-corrected chi connectivity index (χ2v) is 14.6. The van der Waals surface area contributed by atoms with Crippen LogP contribution in [0.3, 0.4) is 0 Å². The normalized spacial score (nSPS) is 27.7. The Morgan fingerprint density at radius 3 is 2.08 bits per heavy atom. The monoisotopic (exact) mass is 580 g/mol. The summed E-state index contributed by atoms with van der Waals surface area (Å²) in [7, 11) is 2.04. The third kappa shape index (κ3) is 6.32. The summed E-state index contributed by atoms with van der Waals surface area (Å²) in [5.41, 5.74) is -1.87. The lowest BCUT2D eigenvalue weighted by atomic mass is 9.79. The topological polar surface area (TPSA) is 134 Å². The molecular formula is C29H49N4O6P. The van der Waals surface area contributed by atoms with Crippen molar-refractivity contribution in [1.82, 2.24) is 20.6 Å². The van der Waals surface area contributed by atoms with Crippen molar-refractivity contribution in [2.75, 3.05) is 6.54 Å². The summed E-state index contributed by atoms with van der Waals surface area (Å²) < 4.78 is 5.44. The molecule has 2 saturated carbocycles. The number of Topliss-reactive ketones (excluding diaryl/α,β-unsaturated/α-hetero) is 1. The van der Waals surface area contributed by atoms with Gasteiger partial charge in [0.25, 0.3) is 5.91 Å². The van der Waals surface area contributed by atoms with Crippen LogP contribution in [0.2, 0.25) is 0 Å². The lowest BCUT2D eigenvalue weighted by molar-refractivity contribution is -0.147. The number of hydrogen-bond acceptors (Lipinski definition) is 6. The molecule has 1 heterocycles. The molecule has 3 N–H and O–H groups in total. The van der Waals surface area contributed by atoms with Gasteiger partial charge in [-0.3, -0.25) is 19.2 Å². The molecule has 1 saturated heterocycles. The minimum atomic E-state index is -0.967. The maximum absolute atomic E-state index is 14.2. The van der Waals surface area contributed by atoms with Gasteiger partial charge in [0, 0.05) is 12.0 Å². The first-order valence-electron chi connectivity index (χ1n) is 14.5. The van der Waals surface area contributed by atoms with Gasteiger partial charge in [-0.05, 0) is 65.7 Å². The fourth-order valence-corrected chi connectivity index (χ4v) is 7.07. The van der Waals surface area contributed by atoms with Gasteiger partial charge in [-0.25, -0.2) is 4.79 Å². The van der Waals surface area contributed by atoms with Gasteiger partial charge in [-0.1, -0.05) is 60.8 Å². The van der Waals surface area contributed by atoms with E-state index in [0.717, 1.165) is 19.3 Å². The summed E-state index contributed by atoms with van der Waals surface area (Å²) in [5.74, 6) is -1.58. The first kappa shape index (κ1) is 32.3. The minimum Gasteiger partial charge on any atom is -0.444 e. The number of carbonyl (C=O) groups excluding carboxylic acids is 5. The van der Waals surface area contributed by atoms with Crippen molar-refractivity contribution in [2.45, 2.75) is 112 Å². The first-order valence-corrected chi connectivity index (χ1v) is 15.1. The SMILES string of the molecule is CC(C)[C@@]12[C@H](C)[C@H]1CN(C(=O)[C@@H](NC(=O)OC(C)(C)C)C(C)(C)C)[C@@H]2C(=O)NC(CC1CCC1)C(=O)C(=O)NP. The van der Waals surface area contributed by atoms with E-state index in [2.05, 4.69) is 36.5 Å². The van der Waals surface area contributed by atoms with E-state index in [1.54, 1.807) is 25.7 Å². The number of carbonyl (C=O) groups is 5. The summed E-state index contributed by atoms with van der Waals surface area (Å²) in [6, 6.07) is -2.74. The third-order valence-corrected chi connectivity index (χ3v) is 9.45. The molecule has 40 heavy (non-hydrogen) atoms. The first-order chi connectivity index (χ1) is 18.4. The van der Waals surface area contributed by atoms with Crippen LogP contribution in [0, 0.1) is 34.5 Å². The Morgan fingerprint density at radius 2 is 1.62 bits per heavy atom. The van der Waals surface area contributed by atoms with Crippen LogP contribution in [0.4, 0.5) is 4.79 Å². The third-order valence-electron chi connectivity index (χ3n) is 9.19. The summed E-state index contributed by atoms with van der Waals surface area (Å²) in [6.45, 7) is 17.4. The van der Waals surface area contributed by atoms with Crippen LogP contribution in [-0.2, 0) is 23.9 Å². The number of rotatable bonds is 9. The quantitative estimate of drug-likeness (QED) is 0.283. The van der Waals surface area contributed by atoms with Gasteiger partial charge in [0.15, 0.2) is 0 Å². The lowest BCUT2D eigenvalue weighted by Crippen LogP contribution is -2.62. The molecule has 11 heteroatoms. The number of alkyl carbamates (subject to hydrolysis) is 1. The number of ketones is 1. The maximum atomic E-state index is 14.2. The van der Waals surface area contributed by atoms with E-state index >= 15 is 0 Å². The summed E-state index contributed by atoms with van der Waals surface area (Å²) in [5, 5.41) is 7.96. The molecule has 0 aromatic carbocycles. The average molecular weight is 581 g/mol. The van der Waals surface area contributed by atoms with Crippen molar-refractivity contribution in [3.8, 4) is 0 Å². The fraction of sp³-hybridized carbons (Fsp3) is 0.828. The van der Waals surface area contributed by atoms with E-state index in [9.17, 15) is 24.0 Å². The minimum absolute atomic E-state index is 0.0871. The van der Waals surface area contributed by atoms with Crippen molar-refractivity contribution in [1.29, 1.82) is 0 Å². The second kappa shape index (κ2) is 11.6. The van der Waals surface area contributed by atoms with E-state index in [1.165, 1.54) is 0 Å². The zero-order chi connectivity index (χ0) is 30.4. The van der Waals surface area contributed by atoms with Gasteiger partial charge in [0.1, 0.15) is 17.7 Å². The fourth-order valence-electron chi connectivity index (χ4n) is 6.93. The Bertz CT molecular complexity index is 1020. The van der Waals surface area contributed by atoms with Gasteiger partial charge < -0.3 is 25.4 Å². The number of piperidine rings is 1. The highest BCUT2D eigenvalue weighted by Crippen LogP contribution is 2.70. The number of nitrogens with zero attached hydrogens (tertiary/aromatic N) is 1. The number of likely N-dealkylation sites (tertiary alicyclic amines) is 1. The predicted molar refractivity (Wildman–Crippen MR) is 155 cm³/mol. The largest absolute Gasteiger partial charge is 0.444 e. The zero-order valence-electron chi connectivity index (χ0n) is 25.6. The molecule has 0 aromatic heterocycles. The molecule has 2 aliphatic carbocycles. The van der Waals surface area contributed by atoms with Gasteiger partial charge in [0.05, 0.1) is 6.04 Å². The smallest absolute Gasteiger partial charge is 0.408 e. The van der Waals surface area contributed by atoms with Crippen molar-refractivity contribution in [3.05, 3.63) is 0 Å². The molecule has 3 aliphatic rings. The van der Waals surface area contributed by atoms with Crippen LogP contribution in [0.5, 0.6) is 0 Å². The molecule has 2 unspecified atom stereocenters. The standard InChI is InChI=1S/C29H49N4O6P/c1-15(2)29-16(3)18(29)14-33(25(37)21(27(4,5)6)31-26(38)39-28(7,8)9)22(29)24(36)30-19(13-17-11-10-12-17)20(34)23(35)32-40/h15-19,21-22H,10-14,40H2,1-9H3,(H,30,36)(H,31,38)(H,32,35)/t16-,18-,19?,21-,22-,29-/m1/s1. The van der Waals surface area contributed by atoms with Crippen molar-refractivity contribution < 1.29 is 28.7 Å². The Labute approximate surface area is 241 Å². The van der Waals surface area contributed by atoms with Crippen molar-refractivity contribution >= 4 is 39.0 Å². The van der Waals surface area contributed by atoms with Crippen molar-refractivity contribution in [2.24, 2.45) is 34.5 Å². The molecule has 0 aromatic rings. The van der Waals surface area contributed by atoms with Crippen LogP contribution in [0.15, 0.2) is 0 Å². The lowest BCUT2D eigenvalue weighted by Gasteiger charge is -2.40. The molecule has 10 nitrogen and oxygen atoms in total. The number of hydrogen-bond donors (Lipinski definition) is 3. The Balaban J connectivity index is 1.93. The van der Waals surface area contributed by atoms with Gasteiger partial charge >= 0.3 is 6.09 Å². The summed E-state index contributed by atoms with van der Waals surface area (Å²) in [4.78, 5) is 67.9. The molecule has 3 rings (SSSR count). The molecule has 0 bridgehead atoms. The van der Waals surface area contributed by atoms with Gasteiger partial charge in [-0.15, -0.1) is 0 Å². The average Bonchev–Trinajstić information content (AvgIpc) is 3.19. The van der Waals surface area contributed by atoms with E-state index in [4.69, 9.17) is 4.74 Å². The number of amides is 4. The van der Waals surface area contributed by atoms with Crippen LogP contribution in [-0.4, -0.2) is 64.8 Å². The number of nitrogens with one attached hydrogen (secondary N) is 3. The van der Waals surface area contributed by atoms with Crippen LogP contribution >= 0.6 is 9.39 Å². The maximum Gasteiger partial charge on any atom is 0.408 e. The molecule has 7 atom stereocenters. The Hall–Kier alpha value is -2.22. The Morgan fingerprint density at radius 1 is 1.02 bits per heavy atom. The number of ether oxygens (including phenoxy) is 1. The van der Waals surface area contributed by atoms with Gasteiger partial charge in [-0.2, -0.15) is 0 Å². The van der Waals surface area contributed by atoms with Crippen LogP contribution in [0.25, 0.3) is 0 Å². The van der Waals surface area contributed by atoms with Crippen molar-refractivity contribution in [3.63, 3.8) is 0 Å². The molecule has 3 fully saturated rings. The van der Waals surface area contributed by atoms with Gasteiger partial charge in [0.2, 0.25) is 17.6 Å². The van der Waals surface area contributed by atoms with E-state index in [-0.39, 0.29) is 29.6 Å². The highest BCUT2D eigenvalue weighted by atomic mass is 31.0. The van der Waals surface area contributed by atoms with E-state index in [1.807, 2.05) is 30.2 Å². The zero-order valence-corrected chi connectivity index (χ0v) is 26.7. The second-order valence-electron chi connectivity index (χ2n) is 14.3. The summed E-state index contributed by atoms with van der Waals surface area (Å²) >= 11 is 0.